The molecule has 0 unspecified atom stereocenters. The molecule has 0 fully saturated rings. The van der Waals surface area contributed by atoms with Crippen molar-refractivity contribution in [1.29, 1.82) is 0 Å². The molecule has 0 spiro atoms. The van der Waals surface area contributed by atoms with Crippen LogP contribution in [0.15, 0.2) is 17.4 Å². The van der Waals surface area contributed by atoms with E-state index < -0.39 is 11.7 Å². The summed E-state index contributed by atoms with van der Waals surface area (Å²) in [5.41, 5.74) is 7.72. The average molecular weight is 224 g/mol. The van der Waals surface area contributed by atoms with Gasteiger partial charge >= 0.3 is 6.09 Å². The molecule has 0 aromatic heterocycles. The van der Waals surface area contributed by atoms with E-state index in [2.05, 4.69) is 10.0 Å². The SMILES string of the molecule is CC(C)(C)OC(=O)N1C=CC[C@H]1CN=[N+]=[N-]. The van der Waals surface area contributed by atoms with Crippen LogP contribution in [0.5, 0.6) is 0 Å². The first-order valence-electron chi connectivity index (χ1n) is 5.13. The van der Waals surface area contributed by atoms with Crippen LogP contribution in [-0.2, 0) is 4.74 Å². The van der Waals surface area contributed by atoms with E-state index in [1.165, 1.54) is 4.90 Å². The molecule has 0 saturated carbocycles. The van der Waals surface area contributed by atoms with Crippen molar-refractivity contribution in [2.45, 2.75) is 38.8 Å². The van der Waals surface area contributed by atoms with Crippen LogP contribution in [0.4, 0.5) is 4.79 Å². The van der Waals surface area contributed by atoms with Crippen molar-refractivity contribution in [2.24, 2.45) is 5.11 Å². The number of ether oxygens (including phenoxy) is 1. The summed E-state index contributed by atoms with van der Waals surface area (Å²) < 4.78 is 5.23. The average Bonchev–Trinajstić information content (AvgIpc) is 2.59. The van der Waals surface area contributed by atoms with Gasteiger partial charge in [-0.2, -0.15) is 0 Å². The first-order valence-corrected chi connectivity index (χ1v) is 5.13. The van der Waals surface area contributed by atoms with Crippen molar-refractivity contribution in [3.8, 4) is 0 Å². The van der Waals surface area contributed by atoms with Gasteiger partial charge in [-0.25, -0.2) is 4.79 Å². The Balaban J connectivity index is 2.60. The largest absolute Gasteiger partial charge is 0.443 e. The lowest BCUT2D eigenvalue weighted by Gasteiger charge is -2.27. The monoisotopic (exact) mass is 224 g/mol. The summed E-state index contributed by atoms with van der Waals surface area (Å²) in [4.78, 5) is 15.9. The molecule has 0 aromatic rings. The Morgan fingerprint density at radius 3 is 2.94 bits per heavy atom. The lowest BCUT2D eigenvalue weighted by molar-refractivity contribution is 0.0293. The van der Waals surface area contributed by atoms with Crippen LogP contribution in [0.3, 0.4) is 0 Å². The van der Waals surface area contributed by atoms with Crippen LogP contribution in [0.25, 0.3) is 10.4 Å². The Kier molecular flexibility index (Phi) is 3.79. The zero-order valence-corrected chi connectivity index (χ0v) is 9.75. The second-order valence-corrected chi connectivity index (χ2v) is 4.58. The molecule has 0 N–H and O–H groups in total. The summed E-state index contributed by atoms with van der Waals surface area (Å²) in [6, 6.07) is -0.120. The number of nitrogens with zero attached hydrogens (tertiary/aromatic N) is 4. The summed E-state index contributed by atoms with van der Waals surface area (Å²) in [6.07, 6.45) is 3.82. The first-order chi connectivity index (χ1) is 7.44. The molecule has 1 aliphatic heterocycles. The molecule has 1 atom stereocenters. The number of azide groups is 1. The normalized spacial score (nSPS) is 19.4. The zero-order valence-electron chi connectivity index (χ0n) is 9.75. The molecule has 0 saturated heterocycles. The standard InChI is InChI=1S/C10H16N4O2/c1-10(2,3)16-9(15)14-6-4-5-8(14)7-12-13-11/h4,6,8H,5,7H2,1-3H3/t8-/m0/s1. The first kappa shape index (κ1) is 12.4. The smallest absolute Gasteiger partial charge is 0.414 e. The van der Waals surface area contributed by atoms with E-state index in [0.717, 1.165) is 0 Å². The van der Waals surface area contributed by atoms with E-state index in [-0.39, 0.29) is 12.6 Å². The molecular formula is C10H16N4O2. The van der Waals surface area contributed by atoms with E-state index in [1.54, 1.807) is 6.20 Å². The van der Waals surface area contributed by atoms with Gasteiger partial charge in [0.1, 0.15) is 5.60 Å². The number of hydrogen-bond acceptors (Lipinski definition) is 3. The summed E-state index contributed by atoms with van der Waals surface area (Å²) >= 11 is 0. The van der Waals surface area contributed by atoms with Gasteiger partial charge in [0, 0.05) is 23.7 Å². The molecule has 6 heteroatoms. The van der Waals surface area contributed by atoms with Crippen molar-refractivity contribution < 1.29 is 9.53 Å². The van der Waals surface area contributed by atoms with Crippen molar-refractivity contribution in [2.75, 3.05) is 6.54 Å². The Hall–Kier alpha value is -1.68. The highest BCUT2D eigenvalue weighted by molar-refractivity contribution is 5.70. The molecule has 1 aliphatic rings. The maximum Gasteiger partial charge on any atom is 0.414 e. The van der Waals surface area contributed by atoms with Crippen LogP contribution >= 0.6 is 0 Å². The van der Waals surface area contributed by atoms with Crippen molar-refractivity contribution in [1.82, 2.24) is 4.90 Å². The molecule has 0 bridgehead atoms. The predicted molar refractivity (Wildman–Crippen MR) is 59.6 cm³/mol. The molecular weight excluding hydrogens is 208 g/mol. The van der Waals surface area contributed by atoms with Gasteiger partial charge < -0.3 is 4.74 Å². The number of hydrogen-bond donors (Lipinski definition) is 0. The van der Waals surface area contributed by atoms with E-state index in [0.29, 0.717) is 6.42 Å². The summed E-state index contributed by atoms with van der Waals surface area (Å²) in [5.74, 6) is 0. The van der Waals surface area contributed by atoms with Gasteiger partial charge in [-0.05, 0) is 32.7 Å². The Morgan fingerprint density at radius 2 is 2.38 bits per heavy atom. The summed E-state index contributed by atoms with van der Waals surface area (Å²) in [5, 5.41) is 3.47. The van der Waals surface area contributed by atoms with Crippen molar-refractivity contribution >= 4 is 6.09 Å². The van der Waals surface area contributed by atoms with E-state index >= 15 is 0 Å². The minimum Gasteiger partial charge on any atom is -0.443 e. The van der Waals surface area contributed by atoms with Gasteiger partial charge in [0.15, 0.2) is 0 Å². The van der Waals surface area contributed by atoms with Gasteiger partial charge in [0.05, 0.1) is 0 Å². The molecule has 16 heavy (non-hydrogen) atoms. The Labute approximate surface area is 94.5 Å². The number of carbonyl (C=O) groups is 1. The maximum atomic E-state index is 11.8. The second-order valence-electron chi connectivity index (χ2n) is 4.58. The predicted octanol–water partition coefficient (Wildman–Crippen LogP) is 2.82. The molecule has 88 valence electrons. The molecule has 1 rings (SSSR count). The molecule has 1 heterocycles. The highest BCUT2D eigenvalue weighted by Crippen LogP contribution is 2.19. The lowest BCUT2D eigenvalue weighted by Crippen LogP contribution is -2.39. The van der Waals surface area contributed by atoms with Crippen molar-refractivity contribution in [3.63, 3.8) is 0 Å². The molecule has 0 radical (unpaired) electrons. The van der Waals surface area contributed by atoms with Crippen LogP contribution in [0.1, 0.15) is 27.2 Å². The minimum atomic E-state index is -0.517. The maximum absolute atomic E-state index is 11.8. The number of carbonyl (C=O) groups excluding carboxylic acids is 1. The highest BCUT2D eigenvalue weighted by Gasteiger charge is 2.28. The Morgan fingerprint density at radius 1 is 1.69 bits per heavy atom. The lowest BCUT2D eigenvalue weighted by atomic mass is 10.2. The van der Waals surface area contributed by atoms with Gasteiger partial charge in [-0.15, -0.1) is 0 Å². The van der Waals surface area contributed by atoms with Crippen LogP contribution < -0.4 is 0 Å². The second kappa shape index (κ2) is 4.90. The van der Waals surface area contributed by atoms with Crippen LogP contribution in [0.2, 0.25) is 0 Å². The Bertz CT molecular complexity index is 339. The van der Waals surface area contributed by atoms with Crippen molar-refractivity contribution in [3.05, 3.63) is 22.7 Å². The van der Waals surface area contributed by atoms with Gasteiger partial charge in [0.2, 0.25) is 0 Å². The molecule has 1 amide bonds. The number of amides is 1. The fourth-order valence-corrected chi connectivity index (χ4v) is 1.38. The minimum absolute atomic E-state index is 0.120. The van der Waals surface area contributed by atoms with E-state index in [9.17, 15) is 4.79 Å². The van der Waals surface area contributed by atoms with E-state index in [1.807, 2.05) is 26.8 Å². The van der Waals surface area contributed by atoms with Gasteiger partial charge in [0.25, 0.3) is 0 Å². The fraction of sp³-hybridized carbons (Fsp3) is 0.700. The third-order valence-corrected chi connectivity index (χ3v) is 2.03. The molecule has 6 nitrogen and oxygen atoms in total. The number of rotatable bonds is 2. The highest BCUT2D eigenvalue weighted by atomic mass is 16.6. The van der Waals surface area contributed by atoms with Crippen LogP contribution in [0, 0.1) is 0 Å². The van der Waals surface area contributed by atoms with Crippen LogP contribution in [-0.4, -0.2) is 29.2 Å². The quantitative estimate of drug-likeness (QED) is 0.410. The fourth-order valence-electron chi connectivity index (χ4n) is 1.38. The molecule has 0 aliphatic carbocycles. The summed E-state index contributed by atoms with van der Waals surface area (Å²) in [6.45, 7) is 5.70. The van der Waals surface area contributed by atoms with E-state index in [4.69, 9.17) is 10.3 Å². The molecule has 0 aromatic carbocycles. The zero-order chi connectivity index (χ0) is 12.2. The summed E-state index contributed by atoms with van der Waals surface area (Å²) in [7, 11) is 0. The third kappa shape index (κ3) is 3.47. The van der Waals surface area contributed by atoms with Gasteiger partial charge in [-0.1, -0.05) is 11.2 Å². The topological polar surface area (TPSA) is 78.3 Å². The van der Waals surface area contributed by atoms with Gasteiger partial charge in [-0.3, -0.25) is 4.90 Å². The third-order valence-electron chi connectivity index (χ3n) is 2.03.